The molecule has 0 heterocycles. The van der Waals surface area contributed by atoms with E-state index in [4.69, 9.17) is 18.9 Å². The van der Waals surface area contributed by atoms with Gasteiger partial charge in [0.05, 0.1) is 38.4 Å². The van der Waals surface area contributed by atoms with Gasteiger partial charge in [-0.1, -0.05) is 18.2 Å². The second-order valence-corrected chi connectivity index (χ2v) is 7.05. The molecular formula is C26H27NO6. The van der Waals surface area contributed by atoms with E-state index < -0.39 is 11.9 Å². The predicted molar refractivity (Wildman–Crippen MR) is 125 cm³/mol. The highest BCUT2D eigenvalue weighted by Gasteiger charge is 2.12. The molecule has 0 aromatic heterocycles. The molecule has 0 unspecified atom stereocenters. The van der Waals surface area contributed by atoms with Crippen molar-refractivity contribution >= 4 is 17.6 Å². The lowest BCUT2D eigenvalue weighted by atomic mass is 10.2. The number of carbonyl (C=O) groups is 2. The predicted octanol–water partition coefficient (Wildman–Crippen LogP) is 4.22. The quantitative estimate of drug-likeness (QED) is 0.406. The zero-order valence-corrected chi connectivity index (χ0v) is 18.7. The van der Waals surface area contributed by atoms with Gasteiger partial charge in [0.1, 0.15) is 24.7 Å². The second kappa shape index (κ2) is 12.1. The molecule has 3 rings (SSSR count). The van der Waals surface area contributed by atoms with Crippen LogP contribution < -0.4 is 14.4 Å². The van der Waals surface area contributed by atoms with Crippen LogP contribution in [-0.4, -0.2) is 52.5 Å². The Morgan fingerprint density at radius 1 is 0.636 bits per heavy atom. The number of para-hydroxylation sites is 1. The third kappa shape index (κ3) is 7.00. The molecule has 0 amide bonds. The molecule has 0 atom stereocenters. The molecule has 0 fully saturated rings. The van der Waals surface area contributed by atoms with Crippen LogP contribution >= 0.6 is 0 Å². The number of esters is 2. The number of methoxy groups -OCH3 is 2. The summed E-state index contributed by atoms with van der Waals surface area (Å²) in [4.78, 5) is 26.6. The Hall–Kier alpha value is -4.00. The van der Waals surface area contributed by atoms with Crippen molar-refractivity contribution in [1.29, 1.82) is 0 Å². The van der Waals surface area contributed by atoms with E-state index in [-0.39, 0.29) is 13.2 Å². The highest BCUT2D eigenvalue weighted by Crippen LogP contribution is 2.15. The van der Waals surface area contributed by atoms with Crippen LogP contribution in [0.5, 0.6) is 11.5 Å². The summed E-state index contributed by atoms with van der Waals surface area (Å²) >= 11 is 0. The van der Waals surface area contributed by atoms with Gasteiger partial charge in [0.2, 0.25) is 0 Å². The molecule has 33 heavy (non-hydrogen) atoms. The maximum atomic E-state index is 12.3. The molecule has 7 heteroatoms. The van der Waals surface area contributed by atoms with Gasteiger partial charge in [0, 0.05) is 5.69 Å². The zero-order valence-electron chi connectivity index (χ0n) is 18.7. The van der Waals surface area contributed by atoms with Crippen LogP contribution in [-0.2, 0) is 9.47 Å². The molecule has 0 aliphatic heterocycles. The van der Waals surface area contributed by atoms with Gasteiger partial charge < -0.3 is 23.8 Å². The van der Waals surface area contributed by atoms with Gasteiger partial charge in [0.25, 0.3) is 0 Å². The Bertz CT molecular complexity index is 953. The first-order valence-electron chi connectivity index (χ1n) is 10.5. The van der Waals surface area contributed by atoms with Crippen molar-refractivity contribution in [1.82, 2.24) is 0 Å². The Balaban J connectivity index is 1.52. The molecule has 0 saturated carbocycles. The van der Waals surface area contributed by atoms with Crippen LogP contribution in [0.4, 0.5) is 5.69 Å². The number of hydrogen-bond donors (Lipinski definition) is 0. The molecule has 0 saturated heterocycles. The Morgan fingerprint density at radius 2 is 1.06 bits per heavy atom. The molecule has 0 spiro atoms. The van der Waals surface area contributed by atoms with Gasteiger partial charge in [-0.25, -0.2) is 9.59 Å². The molecule has 0 N–H and O–H groups in total. The number of hydrogen-bond acceptors (Lipinski definition) is 7. The molecule has 172 valence electrons. The van der Waals surface area contributed by atoms with E-state index in [1.807, 2.05) is 35.2 Å². The van der Waals surface area contributed by atoms with Crippen LogP contribution in [0.1, 0.15) is 20.7 Å². The molecule has 3 aromatic carbocycles. The fraction of sp³-hybridized carbons (Fsp3) is 0.231. The minimum Gasteiger partial charge on any atom is -0.497 e. The summed E-state index contributed by atoms with van der Waals surface area (Å²) in [5.74, 6) is 0.533. The molecule has 7 nitrogen and oxygen atoms in total. The first-order valence-corrected chi connectivity index (χ1v) is 10.5. The van der Waals surface area contributed by atoms with E-state index in [0.29, 0.717) is 35.7 Å². The molecule has 0 aliphatic rings. The Morgan fingerprint density at radius 3 is 1.45 bits per heavy atom. The summed E-state index contributed by atoms with van der Waals surface area (Å²) in [6.07, 6.45) is 0. The minimum atomic E-state index is -0.406. The van der Waals surface area contributed by atoms with Crippen molar-refractivity contribution < 1.29 is 28.5 Å². The number of benzene rings is 3. The number of nitrogens with zero attached hydrogens (tertiary/aromatic N) is 1. The molecular weight excluding hydrogens is 422 g/mol. The standard InChI is InChI=1S/C26H27NO6/c1-30-23-12-8-20(9-13-23)25(28)32-18-16-27(22-6-4-3-5-7-22)17-19-33-26(29)21-10-14-24(31-2)15-11-21/h3-15H,16-19H2,1-2H3. The van der Waals surface area contributed by atoms with Gasteiger partial charge in [-0.2, -0.15) is 0 Å². The fourth-order valence-electron chi connectivity index (χ4n) is 3.13. The summed E-state index contributed by atoms with van der Waals surface area (Å²) in [5, 5.41) is 0. The highest BCUT2D eigenvalue weighted by molar-refractivity contribution is 5.90. The number of ether oxygens (including phenoxy) is 4. The smallest absolute Gasteiger partial charge is 0.338 e. The van der Waals surface area contributed by atoms with E-state index in [9.17, 15) is 9.59 Å². The highest BCUT2D eigenvalue weighted by atomic mass is 16.5. The lowest BCUT2D eigenvalue weighted by Gasteiger charge is -2.24. The topological polar surface area (TPSA) is 74.3 Å². The first kappa shape index (κ1) is 23.7. The summed E-state index contributed by atoms with van der Waals surface area (Å²) in [7, 11) is 3.14. The summed E-state index contributed by atoms with van der Waals surface area (Å²) in [6, 6.07) is 23.2. The number of carbonyl (C=O) groups excluding carboxylic acids is 2. The van der Waals surface area contributed by atoms with Crippen LogP contribution in [0.3, 0.4) is 0 Å². The van der Waals surface area contributed by atoms with Crippen molar-refractivity contribution in [2.45, 2.75) is 0 Å². The second-order valence-electron chi connectivity index (χ2n) is 7.05. The van der Waals surface area contributed by atoms with Gasteiger partial charge in [0.15, 0.2) is 0 Å². The Kier molecular flexibility index (Phi) is 8.71. The van der Waals surface area contributed by atoms with Crippen molar-refractivity contribution in [2.24, 2.45) is 0 Å². The number of anilines is 1. The van der Waals surface area contributed by atoms with Crippen molar-refractivity contribution in [3.8, 4) is 11.5 Å². The van der Waals surface area contributed by atoms with Crippen LogP contribution in [0.15, 0.2) is 78.9 Å². The third-order valence-electron chi connectivity index (χ3n) is 4.96. The summed E-state index contributed by atoms with van der Waals surface area (Å²) < 4.78 is 21.1. The minimum absolute atomic E-state index is 0.187. The lowest BCUT2D eigenvalue weighted by molar-refractivity contribution is 0.0504. The van der Waals surface area contributed by atoms with E-state index in [1.165, 1.54) is 0 Å². The molecule has 0 aliphatic carbocycles. The molecule has 3 aromatic rings. The van der Waals surface area contributed by atoms with Gasteiger partial charge in [-0.3, -0.25) is 0 Å². The monoisotopic (exact) mass is 449 g/mol. The average molecular weight is 450 g/mol. The van der Waals surface area contributed by atoms with Crippen LogP contribution in [0.2, 0.25) is 0 Å². The van der Waals surface area contributed by atoms with E-state index >= 15 is 0 Å². The van der Waals surface area contributed by atoms with Crippen molar-refractivity contribution in [3.63, 3.8) is 0 Å². The Labute approximate surface area is 193 Å². The van der Waals surface area contributed by atoms with Crippen LogP contribution in [0, 0.1) is 0 Å². The van der Waals surface area contributed by atoms with Gasteiger partial charge in [-0.05, 0) is 60.7 Å². The average Bonchev–Trinajstić information content (AvgIpc) is 2.88. The molecule has 0 radical (unpaired) electrons. The van der Waals surface area contributed by atoms with Crippen LogP contribution in [0.25, 0.3) is 0 Å². The summed E-state index contributed by atoms with van der Waals surface area (Å²) in [5.41, 5.74) is 1.85. The first-order chi connectivity index (χ1) is 16.1. The maximum absolute atomic E-state index is 12.3. The maximum Gasteiger partial charge on any atom is 0.338 e. The van der Waals surface area contributed by atoms with E-state index in [1.54, 1.807) is 62.8 Å². The van der Waals surface area contributed by atoms with Gasteiger partial charge in [-0.15, -0.1) is 0 Å². The van der Waals surface area contributed by atoms with Crippen molar-refractivity contribution in [2.75, 3.05) is 45.4 Å². The van der Waals surface area contributed by atoms with Crippen molar-refractivity contribution in [3.05, 3.63) is 90.0 Å². The lowest BCUT2D eigenvalue weighted by Crippen LogP contribution is -2.32. The third-order valence-corrected chi connectivity index (χ3v) is 4.96. The summed E-state index contributed by atoms with van der Waals surface area (Å²) in [6.45, 7) is 1.27. The SMILES string of the molecule is COc1ccc(C(=O)OCCN(CCOC(=O)c2ccc(OC)cc2)c2ccccc2)cc1. The van der Waals surface area contributed by atoms with Gasteiger partial charge >= 0.3 is 11.9 Å². The number of rotatable bonds is 11. The van der Waals surface area contributed by atoms with E-state index in [0.717, 1.165) is 5.69 Å². The van der Waals surface area contributed by atoms with E-state index in [2.05, 4.69) is 0 Å². The molecule has 0 bridgehead atoms. The zero-order chi connectivity index (χ0) is 23.5. The largest absolute Gasteiger partial charge is 0.497 e. The normalized spacial score (nSPS) is 10.2. The fourth-order valence-corrected chi connectivity index (χ4v) is 3.13.